The van der Waals surface area contributed by atoms with Gasteiger partial charge in [-0.05, 0) is 33.7 Å². The summed E-state index contributed by atoms with van der Waals surface area (Å²) >= 11 is 0. The molecule has 0 aromatic carbocycles. The summed E-state index contributed by atoms with van der Waals surface area (Å²) in [7, 11) is 0. The Balaban J connectivity index is 2.36. The zero-order chi connectivity index (χ0) is 12.5. The fourth-order valence-corrected chi connectivity index (χ4v) is 1.97. The number of nitrogens with zero attached hydrogens (tertiary/aromatic N) is 1. The molecule has 0 saturated heterocycles. The average molecular weight is 236 g/mol. The predicted molar refractivity (Wildman–Crippen MR) is 68.5 cm³/mol. The van der Waals surface area contributed by atoms with Crippen molar-refractivity contribution < 1.29 is 0 Å². The summed E-state index contributed by atoms with van der Waals surface area (Å²) in [5, 5.41) is 6.48. The van der Waals surface area contributed by atoms with E-state index in [1.54, 1.807) is 0 Å². The molecule has 1 aliphatic heterocycles. The third-order valence-corrected chi connectivity index (χ3v) is 2.68. The third kappa shape index (κ3) is 3.06. The van der Waals surface area contributed by atoms with Gasteiger partial charge in [0, 0.05) is 24.1 Å². The van der Waals surface area contributed by atoms with Crippen LogP contribution in [0.4, 0.5) is 5.95 Å². The maximum Gasteiger partial charge on any atom is 0.255 e. The van der Waals surface area contributed by atoms with E-state index in [0.717, 1.165) is 37.2 Å². The molecule has 5 nitrogen and oxygen atoms in total. The molecule has 2 heterocycles. The molecule has 0 amide bonds. The molecule has 5 heteroatoms. The van der Waals surface area contributed by atoms with Gasteiger partial charge in [-0.1, -0.05) is 0 Å². The number of hydrogen-bond acceptors (Lipinski definition) is 4. The quantitative estimate of drug-likeness (QED) is 0.670. The Labute approximate surface area is 101 Å². The molecule has 0 saturated carbocycles. The van der Waals surface area contributed by atoms with Crippen LogP contribution in [-0.2, 0) is 12.8 Å². The maximum absolute atomic E-state index is 12.0. The van der Waals surface area contributed by atoms with Crippen LogP contribution in [0.5, 0.6) is 0 Å². The third-order valence-electron chi connectivity index (χ3n) is 2.68. The number of hydrogen-bond donors (Lipinski definition) is 3. The van der Waals surface area contributed by atoms with Crippen LogP contribution >= 0.6 is 0 Å². The Kier molecular flexibility index (Phi) is 3.19. The SMILES string of the molecule is CC(C)(C)Nc1nc2c(c(=O)[nH]1)CCNCC2. The summed E-state index contributed by atoms with van der Waals surface area (Å²) in [4.78, 5) is 19.3. The van der Waals surface area contributed by atoms with Crippen LogP contribution in [0, 0.1) is 0 Å². The van der Waals surface area contributed by atoms with E-state index in [-0.39, 0.29) is 11.1 Å². The lowest BCUT2D eigenvalue weighted by Gasteiger charge is -2.21. The van der Waals surface area contributed by atoms with Crippen LogP contribution in [0.1, 0.15) is 32.0 Å². The predicted octanol–water partition coefficient (Wildman–Crippen LogP) is 0.668. The Bertz CT molecular complexity index is 459. The van der Waals surface area contributed by atoms with E-state index in [1.807, 2.05) is 20.8 Å². The molecule has 0 aliphatic carbocycles. The van der Waals surface area contributed by atoms with E-state index < -0.39 is 0 Å². The summed E-state index contributed by atoms with van der Waals surface area (Å²) in [5.41, 5.74) is 1.64. The number of H-pyrrole nitrogens is 1. The molecule has 94 valence electrons. The molecule has 1 aromatic rings. The molecule has 3 N–H and O–H groups in total. The van der Waals surface area contributed by atoms with Gasteiger partial charge in [0.05, 0.1) is 5.69 Å². The van der Waals surface area contributed by atoms with E-state index in [2.05, 4.69) is 20.6 Å². The minimum absolute atomic E-state index is 0.00884. The van der Waals surface area contributed by atoms with Crippen molar-refractivity contribution in [3.05, 3.63) is 21.6 Å². The molecule has 1 aromatic heterocycles. The van der Waals surface area contributed by atoms with Gasteiger partial charge in [0.1, 0.15) is 0 Å². The zero-order valence-corrected chi connectivity index (χ0v) is 10.7. The minimum atomic E-state index is -0.104. The number of nitrogens with one attached hydrogen (secondary N) is 3. The number of anilines is 1. The van der Waals surface area contributed by atoms with Gasteiger partial charge in [0.15, 0.2) is 0 Å². The highest BCUT2D eigenvalue weighted by Crippen LogP contribution is 2.12. The molecular formula is C12H20N4O. The summed E-state index contributed by atoms with van der Waals surface area (Å²) in [5.74, 6) is 0.572. The summed E-state index contributed by atoms with van der Waals surface area (Å²) in [6.07, 6.45) is 1.57. The molecule has 0 fully saturated rings. The smallest absolute Gasteiger partial charge is 0.255 e. The Morgan fingerprint density at radius 2 is 1.94 bits per heavy atom. The van der Waals surface area contributed by atoms with Crippen LogP contribution < -0.4 is 16.2 Å². The highest BCUT2D eigenvalue weighted by molar-refractivity contribution is 5.32. The first-order valence-electron chi connectivity index (χ1n) is 6.07. The average Bonchev–Trinajstić information content (AvgIpc) is 2.40. The van der Waals surface area contributed by atoms with Crippen molar-refractivity contribution in [3.8, 4) is 0 Å². The second kappa shape index (κ2) is 4.49. The Morgan fingerprint density at radius 1 is 1.24 bits per heavy atom. The molecule has 0 unspecified atom stereocenters. The second-order valence-corrected chi connectivity index (χ2v) is 5.46. The monoisotopic (exact) mass is 236 g/mol. The standard InChI is InChI=1S/C12H20N4O/c1-12(2,3)16-11-14-9-5-7-13-6-4-8(9)10(17)15-11/h13H,4-7H2,1-3H3,(H2,14,15,16,17). The normalized spacial score (nSPS) is 16.2. The number of aromatic amines is 1. The van der Waals surface area contributed by atoms with Gasteiger partial charge in [-0.2, -0.15) is 0 Å². The van der Waals surface area contributed by atoms with Crippen molar-refractivity contribution in [2.45, 2.75) is 39.2 Å². The molecule has 0 atom stereocenters. The molecule has 0 radical (unpaired) electrons. The lowest BCUT2D eigenvalue weighted by Crippen LogP contribution is -2.30. The number of aromatic nitrogens is 2. The van der Waals surface area contributed by atoms with Gasteiger partial charge in [0.25, 0.3) is 5.56 Å². The van der Waals surface area contributed by atoms with Gasteiger partial charge in [-0.25, -0.2) is 4.98 Å². The Hall–Kier alpha value is -1.36. The van der Waals surface area contributed by atoms with Crippen LogP contribution in [-0.4, -0.2) is 28.6 Å². The van der Waals surface area contributed by atoms with Gasteiger partial charge in [0.2, 0.25) is 5.95 Å². The summed E-state index contributed by atoms with van der Waals surface area (Å²) < 4.78 is 0. The van der Waals surface area contributed by atoms with E-state index in [0.29, 0.717) is 5.95 Å². The molecular weight excluding hydrogens is 216 g/mol. The van der Waals surface area contributed by atoms with Crippen molar-refractivity contribution >= 4 is 5.95 Å². The van der Waals surface area contributed by atoms with E-state index in [9.17, 15) is 4.79 Å². The van der Waals surface area contributed by atoms with Crippen molar-refractivity contribution in [1.82, 2.24) is 15.3 Å². The van der Waals surface area contributed by atoms with E-state index >= 15 is 0 Å². The van der Waals surface area contributed by atoms with Crippen LogP contribution in [0.25, 0.3) is 0 Å². The fourth-order valence-electron chi connectivity index (χ4n) is 1.97. The molecule has 0 bridgehead atoms. The molecule has 17 heavy (non-hydrogen) atoms. The van der Waals surface area contributed by atoms with Gasteiger partial charge in [-0.3, -0.25) is 9.78 Å². The second-order valence-electron chi connectivity index (χ2n) is 5.46. The van der Waals surface area contributed by atoms with Crippen molar-refractivity contribution in [1.29, 1.82) is 0 Å². The van der Waals surface area contributed by atoms with Crippen LogP contribution in [0.3, 0.4) is 0 Å². The summed E-state index contributed by atoms with van der Waals surface area (Å²) in [6, 6.07) is 0. The topological polar surface area (TPSA) is 69.8 Å². The van der Waals surface area contributed by atoms with Crippen molar-refractivity contribution in [2.75, 3.05) is 18.4 Å². The first-order valence-corrected chi connectivity index (χ1v) is 6.07. The van der Waals surface area contributed by atoms with Crippen LogP contribution in [0.2, 0.25) is 0 Å². The molecule has 2 rings (SSSR count). The highest BCUT2D eigenvalue weighted by atomic mass is 16.1. The lowest BCUT2D eigenvalue weighted by atomic mass is 10.1. The van der Waals surface area contributed by atoms with Gasteiger partial charge >= 0.3 is 0 Å². The first-order chi connectivity index (χ1) is 7.96. The minimum Gasteiger partial charge on any atom is -0.351 e. The lowest BCUT2D eigenvalue weighted by molar-refractivity contribution is 0.623. The first kappa shape index (κ1) is 12.1. The maximum atomic E-state index is 12.0. The molecule has 0 spiro atoms. The number of fused-ring (bicyclic) bond motifs is 1. The van der Waals surface area contributed by atoms with Crippen LogP contribution in [0.15, 0.2) is 4.79 Å². The van der Waals surface area contributed by atoms with Gasteiger partial charge in [-0.15, -0.1) is 0 Å². The van der Waals surface area contributed by atoms with E-state index in [1.165, 1.54) is 0 Å². The molecule has 1 aliphatic rings. The summed E-state index contributed by atoms with van der Waals surface area (Å²) in [6.45, 7) is 7.86. The highest BCUT2D eigenvalue weighted by Gasteiger charge is 2.16. The van der Waals surface area contributed by atoms with Crippen molar-refractivity contribution in [3.63, 3.8) is 0 Å². The number of rotatable bonds is 1. The van der Waals surface area contributed by atoms with E-state index in [4.69, 9.17) is 0 Å². The largest absolute Gasteiger partial charge is 0.351 e. The zero-order valence-electron chi connectivity index (χ0n) is 10.7. The Morgan fingerprint density at radius 3 is 2.65 bits per heavy atom. The van der Waals surface area contributed by atoms with Crippen molar-refractivity contribution in [2.24, 2.45) is 0 Å². The van der Waals surface area contributed by atoms with Gasteiger partial charge < -0.3 is 10.6 Å². The fraction of sp³-hybridized carbons (Fsp3) is 0.667.